The lowest BCUT2D eigenvalue weighted by Crippen LogP contribution is -2.30. The molecule has 0 aliphatic carbocycles. The van der Waals surface area contributed by atoms with Crippen LogP contribution in [0.4, 0.5) is 9.18 Å². The summed E-state index contributed by atoms with van der Waals surface area (Å²) in [6, 6.07) is 3.62. The third-order valence-corrected chi connectivity index (χ3v) is 3.04. The molecule has 0 aromatic heterocycles. The van der Waals surface area contributed by atoms with Crippen molar-refractivity contribution in [3.05, 3.63) is 29.6 Å². The highest BCUT2D eigenvalue weighted by Crippen LogP contribution is 2.29. The van der Waals surface area contributed by atoms with Crippen LogP contribution < -0.4 is 10.1 Å². The van der Waals surface area contributed by atoms with Gasteiger partial charge in [0.05, 0.1) is 7.11 Å². The third kappa shape index (κ3) is 2.38. The van der Waals surface area contributed by atoms with Gasteiger partial charge in [0.1, 0.15) is 11.9 Å². The van der Waals surface area contributed by atoms with Crippen molar-refractivity contribution in [3.8, 4) is 5.75 Å². The normalized spacial score (nSPS) is 18.7. The number of hydrogen-bond acceptors (Lipinski definition) is 3. The zero-order valence-corrected chi connectivity index (χ0v) is 10.9. The number of amides is 2. The van der Waals surface area contributed by atoms with E-state index >= 15 is 0 Å². The largest absolute Gasteiger partial charge is 0.494 e. The van der Waals surface area contributed by atoms with Crippen molar-refractivity contribution in [2.45, 2.75) is 19.4 Å². The Morgan fingerprint density at radius 1 is 1.53 bits per heavy atom. The summed E-state index contributed by atoms with van der Waals surface area (Å²) in [5, 5.41) is 10.3. The number of methoxy groups -OCH3 is 1. The first-order valence-corrected chi connectivity index (χ1v) is 6.08. The van der Waals surface area contributed by atoms with Crippen molar-refractivity contribution in [3.63, 3.8) is 0 Å². The van der Waals surface area contributed by atoms with Gasteiger partial charge in [-0.2, -0.15) is 0 Å². The summed E-state index contributed by atoms with van der Waals surface area (Å²) in [5.74, 6) is -0.277. The van der Waals surface area contributed by atoms with Crippen LogP contribution >= 0.6 is 0 Å². The van der Waals surface area contributed by atoms with Gasteiger partial charge in [-0.15, -0.1) is 0 Å². The summed E-state index contributed by atoms with van der Waals surface area (Å²) in [6.45, 7) is 2.47. The molecule has 0 spiro atoms. The Morgan fingerprint density at radius 3 is 2.84 bits per heavy atom. The highest BCUT2D eigenvalue weighted by molar-refractivity contribution is 6.06. The maximum Gasteiger partial charge on any atom is 0.323 e. The maximum atomic E-state index is 13.7. The highest BCUT2D eigenvalue weighted by Gasteiger charge is 2.36. The van der Waals surface area contributed by atoms with Crippen LogP contribution in [0.15, 0.2) is 18.2 Å². The predicted molar refractivity (Wildman–Crippen MR) is 68.9 cm³/mol. The van der Waals surface area contributed by atoms with E-state index in [0.717, 1.165) is 6.42 Å². The Bertz CT molecular complexity index is 519. The zero-order chi connectivity index (χ0) is 14.0. The van der Waals surface area contributed by atoms with E-state index in [0.29, 0.717) is 12.1 Å². The zero-order valence-electron chi connectivity index (χ0n) is 10.9. The molecule has 2 N–H and O–H groups in total. The Balaban J connectivity index is 2.35. The van der Waals surface area contributed by atoms with E-state index in [1.807, 2.05) is 6.92 Å². The third-order valence-electron chi connectivity index (χ3n) is 3.04. The Hall–Kier alpha value is -2.11. The van der Waals surface area contributed by atoms with Crippen molar-refractivity contribution < 1.29 is 13.9 Å². The molecule has 2 rings (SSSR count). The molecule has 1 aliphatic rings. The molecule has 1 heterocycles. The van der Waals surface area contributed by atoms with Crippen molar-refractivity contribution in [2.75, 3.05) is 13.7 Å². The molecular weight excluding hydrogens is 249 g/mol. The van der Waals surface area contributed by atoms with Gasteiger partial charge in [0, 0.05) is 6.54 Å². The van der Waals surface area contributed by atoms with E-state index in [9.17, 15) is 9.18 Å². The van der Waals surface area contributed by atoms with Crippen LogP contribution in [0, 0.1) is 11.2 Å². The fourth-order valence-corrected chi connectivity index (χ4v) is 2.20. The standard InChI is InChI=1S/C13H16FN3O2/c1-3-6-17-11(12(15)16-13(17)18)8-4-5-10(19-2)9(14)7-8/h4-5,7,11H,3,6H2,1-2H3,(H2,15,16,18). The molecule has 6 heteroatoms. The molecule has 1 saturated heterocycles. The summed E-state index contributed by atoms with van der Waals surface area (Å²) in [7, 11) is 1.39. The summed E-state index contributed by atoms with van der Waals surface area (Å²) < 4.78 is 18.6. The van der Waals surface area contributed by atoms with Gasteiger partial charge in [0.15, 0.2) is 11.6 Å². The molecule has 1 unspecified atom stereocenters. The second-order valence-corrected chi connectivity index (χ2v) is 4.33. The van der Waals surface area contributed by atoms with Crippen LogP contribution in [0.5, 0.6) is 5.75 Å². The number of halogens is 1. The van der Waals surface area contributed by atoms with E-state index in [-0.39, 0.29) is 17.6 Å². The fraction of sp³-hybridized carbons (Fsp3) is 0.385. The number of nitrogens with zero attached hydrogens (tertiary/aromatic N) is 1. The molecule has 102 valence electrons. The van der Waals surface area contributed by atoms with Gasteiger partial charge in [0.2, 0.25) is 0 Å². The number of nitrogens with one attached hydrogen (secondary N) is 2. The average Bonchev–Trinajstić information content (AvgIpc) is 2.65. The van der Waals surface area contributed by atoms with E-state index in [4.69, 9.17) is 10.1 Å². The van der Waals surface area contributed by atoms with Crippen LogP contribution in [0.1, 0.15) is 24.9 Å². The average molecular weight is 265 g/mol. The van der Waals surface area contributed by atoms with Crippen molar-refractivity contribution in [1.82, 2.24) is 10.2 Å². The van der Waals surface area contributed by atoms with Crippen molar-refractivity contribution in [1.29, 1.82) is 5.41 Å². The molecule has 0 saturated carbocycles. The smallest absolute Gasteiger partial charge is 0.323 e. The van der Waals surface area contributed by atoms with E-state index in [1.165, 1.54) is 24.1 Å². The Labute approximate surface area is 110 Å². The highest BCUT2D eigenvalue weighted by atomic mass is 19.1. The molecule has 1 aromatic rings. The summed E-state index contributed by atoms with van der Waals surface area (Å²) in [4.78, 5) is 13.3. The number of carbonyl (C=O) groups is 1. The number of hydrogen-bond donors (Lipinski definition) is 2. The number of ether oxygens (including phenoxy) is 1. The number of carbonyl (C=O) groups excluding carboxylic acids is 1. The number of rotatable bonds is 4. The lowest BCUT2D eigenvalue weighted by atomic mass is 10.0. The monoisotopic (exact) mass is 265 g/mol. The van der Waals surface area contributed by atoms with Gasteiger partial charge < -0.3 is 9.64 Å². The van der Waals surface area contributed by atoms with Gasteiger partial charge in [-0.05, 0) is 24.1 Å². The lowest BCUT2D eigenvalue weighted by molar-refractivity contribution is 0.205. The second-order valence-electron chi connectivity index (χ2n) is 4.33. The summed E-state index contributed by atoms with van der Waals surface area (Å²) in [6.07, 6.45) is 0.774. The van der Waals surface area contributed by atoms with Crippen LogP contribution in [-0.2, 0) is 0 Å². The van der Waals surface area contributed by atoms with Crippen LogP contribution in [0.2, 0.25) is 0 Å². The van der Waals surface area contributed by atoms with Gasteiger partial charge in [-0.3, -0.25) is 10.7 Å². The molecule has 2 amide bonds. The molecule has 1 fully saturated rings. The summed E-state index contributed by atoms with van der Waals surface area (Å²) >= 11 is 0. The first kappa shape index (κ1) is 13.3. The molecule has 0 radical (unpaired) electrons. The maximum absolute atomic E-state index is 13.7. The van der Waals surface area contributed by atoms with Gasteiger partial charge in [-0.1, -0.05) is 13.0 Å². The van der Waals surface area contributed by atoms with E-state index < -0.39 is 11.9 Å². The van der Waals surface area contributed by atoms with Crippen molar-refractivity contribution >= 4 is 11.9 Å². The Morgan fingerprint density at radius 2 is 2.26 bits per heavy atom. The molecule has 1 aromatic carbocycles. The SMILES string of the molecule is CCCN1C(=O)NC(=N)C1c1ccc(OC)c(F)c1. The molecule has 1 aliphatic heterocycles. The first-order chi connectivity index (χ1) is 9.08. The number of urea groups is 1. The summed E-state index contributed by atoms with van der Waals surface area (Å²) in [5.41, 5.74) is 0.565. The molecule has 1 atom stereocenters. The van der Waals surface area contributed by atoms with E-state index in [2.05, 4.69) is 5.32 Å². The van der Waals surface area contributed by atoms with Gasteiger partial charge in [-0.25, -0.2) is 9.18 Å². The first-order valence-electron chi connectivity index (χ1n) is 6.08. The number of amidine groups is 1. The fourth-order valence-electron chi connectivity index (χ4n) is 2.20. The van der Waals surface area contributed by atoms with E-state index in [1.54, 1.807) is 6.07 Å². The molecular formula is C13H16FN3O2. The quantitative estimate of drug-likeness (QED) is 0.877. The predicted octanol–water partition coefficient (Wildman–Crippen LogP) is 2.29. The van der Waals surface area contributed by atoms with Crippen molar-refractivity contribution in [2.24, 2.45) is 0 Å². The van der Waals surface area contributed by atoms with Crippen LogP contribution in [-0.4, -0.2) is 30.4 Å². The topological polar surface area (TPSA) is 65.4 Å². The van der Waals surface area contributed by atoms with Gasteiger partial charge in [0.25, 0.3) is 0 Å². The minimum atomic E-state index is -0.548. The minimum Gasteiger partial charge on any atom is -0.494 e. The van der Waals surface area contributed by atoms with Crippen LogP contribution in [0.25, 0.3) is 0 Å². The number of benzene rings is 1. The minimum absolute atomic E-state index is 0.0722. The second kappa shape index (κ2) is 5.26. The van der Waals surface area contributed by atoms with Gasteiger partial charge >= 0.3 is 6.03 Å². The molecule has 0 bridgehead atoms. The molecule has 5 nitrogen and oxygen atoms in total. The Kier molecular flexibility index (Phi) is 3.69. The molecule has 19 heavy (non-hydrogen) atoms. The lowest BCUT2D eigenvalue weighted by Gasteiger charge is -2.22. The van der Waals surface area contributed by atoms with Crippen LogP contribution in [0.3, 0.4) is 0 Å².